The highest BCUT2D eigenvalue weighted by Crippen LogP contribution is 2.25. The van der Waals surface area contributed by atoms with Crippen LogP contribution in [0.1, 0.15) is 11.5 Å². The van der Waals surface area contributed by atoms with E-state index in [2.05, 4.69) is 20.2 Å². The number of aromatic nitrogens is 4. The Morgan fingerprint density at radius 1 is 1.00 bits per heavy atom. The predicted octanol–water partition coefficient (Wildman–Crippen LogP) is 2.74. The van der Waals surface area contributed by atoms with Crippen molar-refractivity contribution in [1.82, 2.24) is 20.2 Å². The molecule has 0 radical (unpaired) electrons. The average Bonchev–Trinajstić information content (AvgIpc) is 2.95. The maximum Gasteiger partial charge on any atom is 0.185 e. The molecule has 0 saturated heterocycles. The second-order valence-electron chi connectivity index (χ2n) is 4.15. The number of benzene rings is 1. The minimum atomic E-state index is 0.159. The molecular weight excluding hydrogens is 252 g/mol. The van der Waals surface area contributed by atoms with Gasteiger partial charge in [0.2, 0.25) is 0 Å². The summed E-state index contributed by atoms with van der Waals surface area (Å²) in [5.41, 5.74) is 1.44. The first kappa shape index (κ1) is 12.1. The molecule has 2 N–H and O–H groups in total. The number of hydrogen-bond donors (Lipinski definition) is 2. The lowest BCUT2D eigenvalue weighted by Gasteiger charge is -1.97. The predicted molar refractivity (Wildman–Crippen MR) is 76.6 cm³/mol. The summed E-state index contributed by atoms with van der Waals surface area (Å²) >= 11 is 0. The van der Waals surface area contributed by atoms with Crippen molar-refractivity contribution in [3.05, 3.63) is 60.2 Å². The lowest BCUT2D eigenvalue weighted by molar-refractivity contribution is 0.477. The number of phenolic OH excluding ortho intramolecular Hbond substituents is 1. The van der Waals surface area contributed by atoms with E-state index in [4.69, 9.17) is 0 Å². The number of phenols is 1. The third-order valence-electron chi connectivity index (χ3n) is 2.75. The summed E-state index contributed by atoms with van der Waals surface area (Å²) in [5.74, 6) is 1.23. The summed E-state index contributed by atoms with van der Waals surface area (Å²) in [7, 11) is 0. The standard InChI is InChI=1S/C15H12N4O/c20-13-7-2-1-6-12(13)15-17-14(18-19-15)9-8-11-5-3-4-10-16-11/h1-10,20H,(H,17,18,19)/b9-8+. The molecule has 2 heterocycles. The van der Waals surface area contributed by atoms with Gasteiger partial charge in [0, 0.05) is 6.20 Å². The molecule has 0 aliphatic rings. The number of nitrogens with one attached hydrogen (secondary N) is 1. The molecule has 98 valence electrons. The smallest absolute Gasteiger partial charge is 0.185 e. The Balaban J connectivity index is 1.85. The van der Waals surface area contributed by atoms with Crippen molar-refractivity contribution in [2.24, 2.45) is 0 Å². The number of nitrogens with zero attached hydrogens (tertiary/aromatic N) is 3. The Bertz CT molecular complexity index is 734. The number of H-pyrrole nitrogens is 1. The van der Waals surface area contributed by atoms with E-state index in [9.17, 15) is 5.11 Å². The van der Waals surface area contributed by atoms with E-state index in [-0.39, 0.29) is 5.75 Å². The van der Waals surface area contributed by atoms with Crippen molar-refractivity contribution in [1.29, 1.82) is 0 Å². The number of rotatable bonds is 3. The molecule has 0 unspecified atom stereocenters. The zero-order valence-corrected chi connectivity index (χ0v) is 10.6. The van der Waals surface area contributed by atoms with Crippen LogP contribution in [-0.2, 0) is 0 Å². The van der Waals surface area contributed by atoms with Gasteiger partial charge in [-0.25, -0.2) is 4.98 Å². The van der Waals surface area contributed by atoms with E-state index >= 15 is 0 Å². The molecule has 2 aromatic heterocycles. The topological polar surface area (TPSA) is 74.7 Å². The summed E-state index contributed by atoms with van der Waals surface area (Å²) in [4.78, 5) is 8.50. The van der Waals surface area contributed by atoms with E-state index in [1.54, 1.807) is 30.5 Å². The van der Waals surface area contributed by atoms with Crippen LogP contribution in [-0.4, -0.2) is 25.3 Å². The third kappa shape index (κ3) is 2.56. The van der Waals surface area contributed by atoms with Gasteiger partial charge in [0.25, 0.3) is 0 Å². The van der Waals surface area contributed by atoms with Crippen molar-refractivity contribution in [3.8, 4) is 17.1 Å². The van der Waals surface area contributed by atoms with Crippen LogP contribution in [0.3, 0.4) is 0 Å². The average molecular weight is 264 g/mol. The highest BCUT2D eigenvalue weighted by atomic mass is 16.3. The summed E-state index contributed by atoms with van der Waals surface area (Å²) in [5, 5.41) is 16.7. The highest BCUT2D eigenvalue weighted by Gasteiger charge is 2.08. The Labute approximate surface area is 115 Å². The SMILES string of the molecule is Oc1ccccc1-c1n[nH]c(/C=C/c2ccccn2)n1. The van der Waals surface area contributed by atoms with Crippen LogP contribution in [0.2, 0.25) is 0 Å². The van der Waals surface area contributed by atoms with E-state index in [1.807, 2.05) is 30.3 Å². The van der Waals surface area contributed by atoms with Crippen molar-refractivity contribution < 1.29 is 5.11 Å². The van der Waals surface area contributed by atoms with Gasteiger partial charge < -0.3 is 5.11 Å². The van der Waals surface area contributed by atoms with Crippen LogP contribution >= 0.6 is 0 Å². The Hall–Kier alpha value is -2.95. The summed E-state index contributed by atoms with van der Waals surface area (Å²) in [6.07, 6.45) is 5.36. The molecule has 0 atom stereocenters. The fourth-order valence-electron chi connectivity index (χ4n) is 1.77. The van der Waals surface area contributed by atoms with Crippen LogP contribution in [0.25, 0.3) is 23.5 Å². The van der Waals surface area contributed by atoms with Gasteiger partial charge in [-0.05, 0) is 36.4 Å². The largest absolute Gasteiger partial charge is 0.507 e. The molecule has 0 aliphatic carbocycles. The van der Waals surface area contributed by atoms with Crippen molar-refractivity contribution in [3.63, 3.8) is 0 Å². The van der Waals surface area contributed by atoms with Gasteiger partial charge in [-0.15, -0.1) is 0 Å². The normalized spacial score (nSPS) is 11.0. The fourth-order valence-corrected chi connectivity index (χ4v) is 1.77. The molecular formula is C15H12N4O. The molecule has 5 nitrogen and oxygen atoms in total. The molecule has 0 aliphatic heterocycles. The lowest BCUT2D eigenvalue weighted by Crippen LogP contribution is -1.81. The second kappa shape index (κ2) is 5.36. The van der Waals surface area contributed by atoms with Crippen LogP contribution in [0.5, 0.6) is 5.75 Å². The highest BCUT2D eigenvalue weighted by molar-refractivity contribution is 5.67. The van der Waals surface area contributed by atoms with Gasteiger partial charge >= 0.3 is 0 Å². The van der Waals surface area contributed by atoms with Crippen molar-refractivity contribution in [2.45, 2.75) is 0 Å². The minimum absolute atomic E-state index is 0.159. The summed E-state index contributed by atoms with van der Waals surface area (Å²) in [6.45, 7) is 0. The Morgan fingerprint density at radius 3 is 2.65 bits per heavy atom. The fraction of sp³-hybridized carbons (Fsp3) is 0. The molecule has 0 amide bonds. The maximum absolute atomic E-state index is 9.76. The van der Waals surface area contributed by atoms with Gasteiger partial charge in [-0.1, -0.05) is 18.2 Å². The maximum atomic E-state index is 9.76. The summed E-state index contributed by atoms with van der Waals surface area (Å²) < 4.78 is 0. The number of pyridine rings is 1. The molecule has 5 heteroatoms. The molecule has 0 bridgehead atoms. The van der Waals surface area contributed by atoms with Gasteiger partial charge in [-0.3, -0.25) is 10.1 Å². The number of aromatic hydroxyl groups is 1. The summed E-state index contributed by atoms with van der Waals surface area (Å²) in [6, 6.07) is 12.6. The monoisotopic (exact) mass is 264 g/mol. The zero-order chi connectivity index (χ0) is 13.8. The number of aromatic amines is 1. The first-order valence-electron chi connectivity index (χ1n) is 6.13. The van der Waals surface area contributed by atoms with Crippen LogP contribution in [0.4, 0.5) is 0 Å². The molecule has 0 spiro atoms. The van der Waals surface area contributed by atoms with Crippen molar-refractivity contribution >= 4 is 12.2 Å². The molecule has 3 aromatic rings. The first-order valence-corrected chi connectivity index (χ1v) is 6.13. The molecule has 0 fully saturated rings. The Kier molecular flexibility index (Phi) is 3.24. The molecule has 3 rings (SSSR count). The van der Waals surface area contributed by atoms with Crippen LogP contribution < -0.4 is 0 Å². The quantitative estimate of drug-likeness (QED) is 0.762. The number of para-hydroxylation sites is 1. The van der Waals surface area contributed by atoms with Crippen LogP contribution in [0.15, 0.2) is 48.7 Å². The van der Waals surface area contributed by atoms with Crippen LogP contribution in [0, 0.1) is 0 Å². The van der Waals surface area contributed by atoms with Gasteiger partial charge in [0.15, 0.2) is 5.82 Å². The number of hydrogen-bond acceptors (Lipinski definition) is 4. The molecule has 1 aromatic carbocycles. The van der Waals surface area contributed by atoms with E-state index in [0.717, 1.165) is 5.69 Å². The second-order valence-corrected chi connectivity index (χ2v) is 4.15. The third-order valence-corrected chi connectivity index (χ3v) is 2.75. The van der Waals surface area contributed by atoms with Crippen molar-refractivity contribution in [2.75, 3.05) is 0 Å². The van der Waals surface area contributed by atoms with Gasteiger partial charge in [-0.2, -0.15) is 5.10 Å². The molecule has 0 saturated carbocycles. The van der Waals surface area contributed by atoms with E-state index in [1.165, 1.54) is 0 Å². The lowest BCUT2D eigenvalue weighted by atomic mass is 10.2. The van der Waals surface area contributed by atoms with E-state index < -0.39 is 0 Å². The zero-order valence-electron chi connectivity index (χ0n) is 10.6. The first-order chi connectivity index (χ1) is 9.83. The minimum Gasteiger partial charge on any atom is -0.507 e. The van der Waals surface area contributed by atoms with Gasteiger partial charge in [0.05, 0.1) is 11.3 Å². The Morgan fingerprint density at radius 2 is 1.85 bits per heavy atom. The molecule has 20 heavy (non-hydrogen) atoms. The van der Waals surface area contributed by atoms with Gasteiger partial charge in [0.1, 0.15) is 11.6 Å². The van der Waals surface area contributed by atoms with E-state index in [0.29, 0.717) is 17.2 Å².